The second-order valence-electron chi connectivity index (χ2n) is 6.00. The van der Waals surface area contributed by atoms with E-state index >= 15 is 0 Å². The van der Waals surface area contributed by atoms with Crippen LogP contribution in [-0.2, 0) is 0 Å². The molecule has 0 spiro atoms. The van der Waals surface area contributed by atoms with Gasteiger partial charge in [-0.05, 0) is 25.8 Å². The van der Waals surface area contributed by atoms with E-state index in [1.54, 1.807) is 0 Å². The van der Waals surface area contributed by atoms with E-state index in [0.717, 1.165) is 51.9 Å². The molecule has 0 aliphatic rings. The summed E-state index contributed by atoms with van der Waals surface area (Å²) in [4.78, 5) is 4.69. The number of aliphatic hydroxyl groups excluding tert-OH is 1. The van der Waals surface area contributed by atoms with Crippen LogP contribution < -0.4 is 17.2 Å². The zero-order valence-electron chi connectivity index (χ0n) is 14.7. The highest BCUT2D eigenvalue weighted by Gasteiger charge is 2.18. The van der Waals surface area contributed by atoms with Crippen LogP contribution >= 0.6 is 0 Å². The van der Waals surface area contributed by atoms with Crippen molar-refractivity contribution in [1.82, 2.24) is 9.80 Å². The fourth-order valence-electron chi connectivity index (χ4n) is 2.89. The first-order valence-electron chi connectivity index (χ1n) is 8.87. The maximum atomic E-state index is 9.88. The zero-order chi connectivity index (χ0) is 16.8. The van der Waals surface area contributed by atoms with Gasteiger partial charge in [-0.25, -0.2) is 0 Å². The molecule has 0 aliphatic carbocycles. The Morgan fingerprint density at radius 3 is 1.91 bits per heavy atom. The average Bonchev–Trinajstić information content (AvgIpc) is 2.51. The van der Waals surface area contributed by atoms with E-state index in [1.165, 1.54) is 0 Å². The number of nitrogens with two attached hydrogens (primary N) is 3. The Bertz CT molecular complexity index is 237. The second-order valence-corrected chi connectivity index (χ2v) is 6.00. The molecule has 134 valence electrons. The molecule has 0 amide bonds. The summed E-state index contributed by atoms with van der Waals surface area (Å²) in [6, 6.07) is 0.510. The molecule has 7 N–H and O–H groups in total. The minimum absolute atomic E-state index is 0.264. The highest BCUT2D eigenvalue weighted by molar-refractivity contribution is 4.75. The maximum Gasteiger partial charge on any atom is 0.0664 e. The summed E-state index contributed by atoms with van der Waals surface area (Å²) in [6.07, 6.45) is 3.91. The number of hydrogen-bond donors (Lipinski definition) is 4. The summed E-state index contributed by atoms with van der Waals surface area (Å²) in [6.45, 7) is 10.5. The van der Waals surface area contributed by atoms with Crippen LogP contribution in [0.1, 0.15) is 39.5 Å². The SMILES string of the molecule is CCCC(CCN(CCN)CC(O)CC)N(CCN)CCN. The smallest absolute Gasteiger partial charge is 0.0664 e. The molecule has 2 atom stereocenters. The largest absolute Gasteiger partial charge is 0.392 e. The number of hydrogen-bond acceptors (Lipinski definition) is 6. The summed E-state index contributed by atoms with van der Waals surface area (Å²) in [5.74, 6) is 0. The number of nitrogens with zero attached hydrogens (tertiary/aromatic N) is 2. The normalized spacial score (nSPS) is 14.7. The summed E-state index contributed by atoms with van der Waals surface area (Å²) in [5.41, 5.74) is 17.2. The van der Waals surface area contributed by atoms with E-state index in [9.17, 15) is 5.11 Å². The third-order valence-corrected chi connectivity index (χ3v) is 4.13. The predicted octanol–water partition coefficient (Wildman–Crippen LogP) is -0.204. The number of rotatable bonds is 15. The third-order valence-electron chi connectivity index (χ3n) is 4.13. The van der Waals surface area contributed by atoms with Gasteiger partial charge in [0.15, 0.2) is 0 Å². The molecule has 0 aromatic rings. The summed E-state index contributed by atoms with van der Waals surface area (Å²) >= 11 is 0. The topological polar surface area (TPSA) is 105 Å². The molecule has 0 fully saturated rings. The molecule has 6 nitrogen and oxygen atoms in total. The van der Waals surface area contributed by atoms with Gasteiger partial charge in [-0.2, -0.15) is 0 Å². The van der Waals surface area contributed by atoms with Crippen molar-refractivity contribution in [3.05, 3.63) is 0 Å². The van der Waals surface area contributed by atoms with Crippen LogP contribution in [0.3, 0.4) is 0 Å². The third kappa shape index (κ3) is 9.71. The lowest BCUT2D eigenvalue weighted by molar-refractivity contribution is 0.0993. The maximum absolute atomic E-state index is 9.88. The first kappa shape index (κ1) is 21.8. The van der Waals surface area contributed by atoms with Crippen molar-refractivity contribution in [3.8, 4) is 0 Å². The Morgan fingerprint density at radius 1 is 0.864 bits per heavy atom. The van der Waals surface area contributed by atoms with Crippen molar-refractivity contribution in [2.75, 3.05) is 52.4 Å². The lowest BCUT2D eigenvalue weighted by Crippen LogP contribution is -2.44. The van der Waals surface area contributed by atoms with Crippen molar-refractivity contribution in [2.45, 2.75) is 51.7 Å². The van der Waals surface area contributed by atoms with Crippen LogP contribution in [0, 0.1) is 0 Å². The number of aliphatic hydroxyl groups is 1. The Kier molecular flexibility index (Phi) is 14.2. The minimum atomic E-state index is -0.264. The van der Waals surface area contributed by atoms with E-state index < -0.39 is 0 Å². The molecule has 22 heavy (non-hydrogen) atoms. The molecule has 0 saturated heterocycles. The molecule has 0 aliphatic heterocycles. The molecule has 0 aromatic carbocycles. The van der Waals surface area contributed by atoms with Crippen LogP contribution in [0.2, 0.25) is 0 Å². The zero-order valence-corrected chi connectivity index (χ0v) is 14.7. The molecule has 0 rings (SSSR count). The van der Waals surface area contributed by atoms with Crippen LogP contribution in [-0.4, -0.2) is 79.4 Å². The summed E-state index contributed by atoms with van der Waals surface area (Å²) in [7, 11) is 0. The second kappa shape index (κ2) is 14.4. The van der Waals surface area contributed by atoms with Gasteiger partial charge in [-0.15, -0.1) is 0 Å². The average molecular weight is 318 g/mol. The quantitative estimate of drug-likeness (QED) is 0.333. The first-order chi connectivity index (χ1) is 10.6. The van der Waals surface area contributed by atoms with Crippen molar-refractivity contribution in [2.24, 2.45) is 17.2 Å². The molecule has 0 aromatic heterocycles. The standard InChI is InChI=1S/C16H39N5O/c1-3-5-15(21(12-8-18)13-9-19)6-10-20(11-7-17)14-16(22)4-2/h15-16,22H,3-14,17-19H2,1-2H3. The van der Waals surface area contributed by atoms with Crippen LogP contribution in [0.25, 0.3) is 0 Å². The Balaban J connectivity index is 4.54. The lowest BCUT2D eigenvalue weighted by atomic mass is 10.1. The van der Waals surface area contributed by atoms with Crippen LogP contribution in [0.5, 0.6) is 0 Å². The van der Waals surface area contributed by atoms with E-state index in [4.69, 9.17) is 17.2 Å². The Hall–Kier alpha value is -0.240. The predicted molar refractivity (Wildman–Crippen MR) is 94.8 cm³/mol. The lowest BCUT2D eigenvalue weighted by Gasteiger charge is -2.33. The van der Waals surface area contributed by atoms with Crippen LogP contribution in [0.15, 0.2) is 0 Å². The summed E-state index contributed by atoms with van der Waals surface area (Å²) < 4.78 is 0. The van der Waals surface area contributed by atoms with Crippen molar-refractivity contribution >= 4 is 0 Å². The highest BCUT2D eigenvalue weighted by Crippen LogP contribution is 2.12. The van der Waals surface area contributed by atoms with Crippen molar-refractivity contribution < 1.29 is 5.11 Å². The monoisotopic (exact) mass is 317 g/mol. The van der Waals surface area contributed by atoms with Crippen molar-refractivity contribution in [1.29, 1.82) is 0 Å². The van der Waals surface area contributed by atoms with Gasteiger partial charge in [0.05, 0.1) is 6.10 Å². The molecule has 0 bridgehead atoms. The molecular weight excluding hydrogens is 278 g/mol. The van der Waals surface area contributed by atoms with E-state index in [-0.39, 0.29) is 6.10 Å². The van der Waals surface area contributed by atoms with E-state index in [2.05, 4.69) is 16.7 Å². The van der Waals surface area contributed by atoms with Gasteiger partial charge in [0, 0.05) is 51.9 Å². The molecule has 0 heterocycles. The van der Waals surface area contributed by atoms with Gasteiger partial charge < -0.3 is 22.3 Å². The molecule has 2 unspecified atom stereocenters. The fraction of sp³-hybridized carbons (Fsp3) is 1.00. The fourth-order valence-corrected chi connectivity index (χ4v) is 2.89. The molecule has 0 saturated carbocycles. The van der Waals surface area contributed by atoms with Crippen molar-refractivity contribution in [3.63, 3.8) is 0 Å². The van der Waals surface area contributed by atoms with Gasteiger partial charge in [0.1, 0.15) is 0 Å². The molecular formula is C16H39N5O. The Labute approximate surface area is 137 Å². The van der Waals surface area contributed by atoms with Gasteiger partial charge >= 0.3 is 0 Å². The van der Waals surface area contributed by atoms with Gasteiger partial charge in [0.2, 0.25) is 0 Å². The Morgan fingerprint density at radius 2 is 1.45 bits per heavy atom. The van der Waals surface area contributed by atoms with Gasteiger partial charge in [-0.1, -0.05) is 20.3 Å². The van der Waals surface area contributed by atoms with E-state index in [1.807, 2.05) is 6.92 Å². The highest BCUT2D eigenvalue weighted by atomic mass is 16.3. The minimum Gasteiger partial charge on any atom is -0.392 e. The van der Waals surface area contributed by atoms with Gasteiger partial charge in [-0.3, -0.25) is 9.80 Å². The summed E-state index contributed by atoms with van der Waals surface area (Å²) in [5, 5.41) is 9.88. The van der Waals surface area contributed by atoms with Crippen LogP contribution in [0.4, 0.5) is 0 Å². The van der Waals surface area contributed by atoms with Gasteiger partial charge in [0.25, 0.3) is 0 Å². The first-order valence-corrected chi connectivity index (χ1v) is 8.87. The molecule has 6 heteroatoms. The molecule has 0 radical (unpaired) electrons. The van der Waals surface area contributed by atoms with E-state index in [0.29, 0.717) is 32.2 Å².